The highest BCUT2D eigenvalue weighted by Crippen LogP contribution is 1.98. The van der Waals surface area contributed by atoms with Gasteiger partial charge in [0.1, 0.15) is 0 Å². The average Bonchev–Trinajstić information content (AvgIpc) is 2.35. The largest absolute Gasteiger partial charge is 0.391 e. The van der Waals surface area contributed by atoms with Crippen molar-refractivity contribution in [2.24, 2.45) is 0 Å². The molecule has 0 aromatic rings. The van der Waals surface area contributed by atoms with Crippen molar-refractivity contribution in [1.82, 2.24) is 10.6 Å². The van der Waals surface area contributed by atoms with E-state index in [9.17, 15) is 0 Å². The second-order valence-electron chi connectivity index (χ2n) is 2.97. The van der Waals surface area contributed by atoms with E-state index in [1.54, 1.807) is 23.5 Å². The summed E-state index contributed by atoms with van der Waals surface area (Å²) in [5.41, 5.74) is 0. The lowest BCUT2D eigenvalue weighted by Crippen LogP contribution is -2.15. The van der Waals surface area contributed by atoms with Crippen LogP contribution in [0, 0.1) is 0 Å². The molecule has 0 aromatic heterocycles. The lowest BCUT2D eigenvalue weighted by Gasteiger charge is -2.01. The van der Waals surface area contributed by atoms with E-state index in [0.717, 1.165) is 27.9 Å². The molecule has 0 unspecified atom stereocenters. The van der Waals surface area contributed by atoms with Crippen molar-refractivity contribution in [2.45, 2.75) is 6.42 Å². The molecule has 0 radical (unpaired) electrons. The molecular weight excluding hydrogens is 288 g/mol. The van der Waals surface area contributed by atoms with E-state index in [0.29, 0.717) is 0 Å². The Morgan fingerprint density at radius 2 is 1.35 bits per heavy atom. The van der Waals surface area contributed by atoms with Crippen molar-refractivity contribution in [3.63, 3.8) is 0 Å². The molecule has 0 saturated carbocycles. The van der Waals surface area contributed by atoms with Crippen LogP contribution in [-0.2, 0) is 0 Å². The predicted molar refractivity (Wildman–Crippen MR) is 91.1 cm³/mol. The molecule has 0 atom stereocenters. The Kier molecular flexibility index (Phi) is 12.4. The molecule has 0 aliphatic rings. The maximum absolute atomic E-state index is 5.03. The topological polar surface area (TPSA) is 24.1 Å². The monoisotopic (exact) mass is 306 g/mol. The zero-order chi connectivity index (χ0) is 12.9. The molecule has 0 bridgehead atoms. The van der Waals surface area contributed by atoms with E-state index < -0.39 is 0 Å². The fraction of sp³-hybridized carbons (Fsp3) is 0.455. The molecule has 0 heterocycles. The lowest BCUT2D eigenvalue weighted by molar-refractivity contribution is 0.711. The first-order valence-corrected chi connectivity index (χ1v) is 8.43. The van der Waals surface area contributed by atoms with Crippen LogP contribution in [0.25, 0.3) is 0 Å². The molecule has 0 amide bonds. The van der Waals surface area contributed by atoms with E-state index in [1.807, 2.05) is 37.1 Å². The smallest absolute Gasteiger partial charge is 0.0717 e. The van der Waals surface area contributed by atoms with Crippen LogP contribution in [-0.4, -0.2) is 34.0 Å². The summed E-state index contributed by atoms with van der Waals surface area (Å²) in [6.45, 7) is 1.86. The minimum absolute atomic E-state index is 0.893. The van der Waals surface area contributed by atoms with Crippen molar-refractivity contribution < 1.29 is 0 Å². The molecule has 0 aliphatic carbocycles. The number of rotatable bonds is 8. The first-order valence-electron chi connectivity index (χ1n) is 5.16. The van der Waals surface area contributed by atoms with Crippen molar-refractivity contribution >= 4 is 56.4 Å². The first-order chi connectivity index (χ1) is 8.20. The van der Waals surface area contributed by atoms with Crippen molar-refractivity contribution in [2.75, 3.05) is 25.6 Å². The van der Waals surface area contributed by atoms with Gasteiger partial charge in [-0.3, -0.25) is 0 Å². The summed E-state index contributed by atoms with van der Waals surface area (Å²) in [5.74, 6) is 0. The lowest BCUT2D eigenvalue weighted by atomic mass is 10.4. The molecule has 0 rings (SSSR count). The zero-order valence-corrected chi connectivity index (χ0v) is 13.3. The number of thiocarbonyl (C=S) groups is 2. The second-order valence-corrected chi connectivity index (χ2v) is 6.07. The molecule has 96 valence electrons. The van der Waals surface area contributed by atoms with Crippen molar-refractivity contribution in [3.8, 4) is 0 Å². The molecule has 0 aliphatic heterocycles. The summed E-state index contributed by atoms with van der Waals surface area (Å²) in [4.78, 5) is 0. The Labute approximate surface area is 123 Å². The quantitative estimate of drug-likeness (QED) is 0.406. The van der Waals surface area contributed by atoms with E-state index in [-0.39, 0.29) is 0 Å². The highest BCUT2D eigenvalue weighted by atomic mass is 32.2. The van der Waals surface area contributed by atoms with Crippen LogP contribution in [0.5, 0.6) is 0 Å². The summed E-state index contributed by atoms with van der Waals surface area (Å²) < 4.78 is 1.79. The summed E-state index contributed by atoms with van der Waals surface area (Å²) in [5, 5.41) is 6.37. The fourth-order valence-electron chi connectivity index (χ4n) is 0.849. The van der Waals surface area contributed by atoms with Crippen LogP contribution in [0.4, 0.5) is 0 Å². The predicted octanol–water partition coefficient (Wildman–Crippen LogP) is 2.96. The Morgan fingerprint density at radius 3 is 1.71 bits per heavy atom. The molecule has 0 aromatic carbocycles. The summed E-state index contributed by atoms with van der Waals surface area (Å²) in [6, 6.07) is 0. The standard InChI is InChI=1S/C11H18N2S4/c1-16-10(14)4-8-12-6-3-7-13-9-5-11(15)17-2/h4-5,8-9,12-13H,3,6-7H2,1-2H3/b8-4+,9-5+. The van der Waals surface area contributed by atoms with Gasteiger partial charge in [0.15, 0.2) is 0 Å². The van der Waals surface area contributed by atoms with Gasteiger partial charge in [0, 0.05) is 13.1 Å². The average molecular weight is 307 g/mol. The Hall–Kier alpha value is -0.0400. The Bertz CT molecular complexity index is 259. The van der Waals surface area contributed by atoms with Gasteiger partial charge in [0.05, 0.1) is 8.39 Å². The summed E-state index contributed by atoms with van der Waals surface area (Å²) >= 11 is 13.2. The van der Waals surface area contributed by atoms with Gasteiger partial charge in [-0.2, -0.15) is 0 Å². The molecule has 17 heavy (non-hydrogen) atoms. The third-order valence-electron chi connectivity index (χ3n) is 1.72. The number of hydrogen-bond donors (Lipinski definition) is 2. The van der Waals surface area contributed by atoms with Crippen LogP contribution < -0.4 is 10.6 Å². The third kappa shape index (κ3) is 12.2. The third-order valence-corrected chi connectivity index (χ3v) is 4.07. The van der Waals surface area contributed by atoms with Crippen LogP contribution in [0.2, 0.25) is 0 Å². The Balaban J connectivity index is 3.35. The molecule has 2 nitrogen and oxygen atoms in total. The summed E-state index contributed by atoms with van der Waals surface area (Å²) in [6.07, 6.45) is 12.6. The van der Waals surface area contributed by atoms with Gasteiger partial charge in [-0.05, 0) is 43.5 Å². The van der Waals surface area contributed by atoms with E-state index in [2.05, 4.69) is 10.6 Å². The summed E-state index contributed by atoms with van der Waals surface area (Å²) in [7, 11) is 0. The maximum atomic E-state index is 5.03. The van der Waals surface area contributed by atoms with Crippen molar-refractivity contribution in [1.29, 1.82) is 0 Å². The van der Waals surface area contributed by atoms with Crippen molar-refractivity contribution in [3.05, 3.63) is 24.6 Å². The van der Waals surface area contributed by atoms with Crippen LogP contribution in [0.3, 0.4) is 0 Å². The number of thioether (sulfide) groups is 2. The Morgan fingerprint density at radius 1 is 0.941 bits per heavy atom. The molecule has 0 saturated heterocycles. The molecule has 0 spiro atoms. The van der Waals surface area contributed by atoms with Gasteiger partial charge in [-0.15, -0.1) is 23.5 Å². The number of nitrogens with one attached hydrogen (secondary N) is 2. The molecule has 6 heteroatoms. The minimum atomic E-state index is 0.893. The van der Waals surface area contributed by atoms with Gasteiger partial charge < -0.3 is 10.6 Å². The van der Waals surface area contributed by atoms with Gasteiger partial charge in [0.25, 0.3) is 0 Å². The van der Waals surface area contributed by atoms with Gasteiger partial charge in [-0.1, -0.05) is 24.4 Å². The SMILES string of the molecule is CSC(=S)/C=C/NCCCN/C=C/C(=S)SC. The molecule has 2 N–H and O–H groups in total. The van der Waals surface area contributed by atoms with E-state index >= 15 is 0 Å². The van der Waals surface area contributed by atoms with Gasteiger partial charge >= 0.3 is 0 Å². The van der Waals surface area contributed by atoms with E-state index in [1.165, 1.54) is 0 Å². The van der Waals surface area contributed by atoms with Crippen LogP contribution in [0.15, 0.2) is 24.6 Å². The zero-order valence-electron chi connectivity index (χ0n) is 10.1. The van der Waals surface area contributed by atoms with E-state index in [4.69, 9.17) is 24.4 Å². The van der Waals surface area contributed by atoms with Crippen LogP contribution >= 0.6 is 48.0 Å². The number of hydrogen-bond acceptors (Lipinski definition) is 6. The first kappa shape index (κ1) is 17.0. The molecule has 0 fully saturated rings. The second kappa shape index (κ2) is 12.4. The minimum Gasteiger partial charge on any atom is -0.391 e. The van der Waals surface area contributed by atoms with Gasteiger partial charge in [0.2, 0.25) is 0 Å². The molecular formula is C11H18N2S4. The van der Waals surface area contributed by atoms with Gasteiger partial charge in [-0.25, -0.2) is 0 Å². The maximum Gasteiger partial charge on any atom is 0.0717 e. The van der Waals surface area contributed by atoms with Crippen LogP contribution in [0.1, 0.15) is 6.42 Å². The highest BCUT2D eigenvalue weighted by Gasteiger charge is 1.86. The fourth-order valence-corrected chi connectivity index (χ4v) is 1.39. The normalized spacial score (nSPS) is 10.9. The highest BCUT2D eigenvalue weighted by molar-refractivity contribution is 8.23.